The number of nitro benzene ring substituents is 1. The van der Waals surface area contributed by atoms with Crippen molar-refractivity contribution in [2.45, 2.75) is 32.8 Å². The summed E-state index contributed by atoms with van der Waals surface area (Å²) in [5.74, 6) is -1.42. The van der Waals surface area contributed by atoms with Gasteiger partial charge < -0.3 is 20.1 Å². The Balaban J connectivity index is 2.34. The SMILES string of the molecule is CC(C)(C)OC(=O)NCCC(=O)OCC(=O)Nc1ccccc1[N+](=O)[O-]. The molecular formula is C16H21N3O7. The molecule has 26 heavy (non-hydrogen) atoms. The van der Waals surface area contributed by atoms with Crippen LogP contribution in [0, 0.1) is 10.1 Å². The zero-order valence-corrected chi connectivity index (χ0v) is 14.7. The van der Waals surface area contributed by atoms with Crippen LogP contribution < -0.4 is 10.6 Å². The zero-order valence-electron chi connectivity index (χ0n) is 14.7. The monoisotopic (exact) mass is 367 g/mol. The summed E-state index contributed by atoms with van der Waals surface area (Å²) >= 11 is 0. The summed E-state index contributed by atoms with van der Waals surface area (Å²) in [5, 5.41) is 15.5. The number of carbonyl (C=O) groups excluding carboxylic acids is 3. The molecule has 1 aromatic rings. The average molecular weight is 367 g/mol. The minimum absolute atomic E-state index is 0.00476. The lowest BCUT2D eigenvalue weighted by molar-refractivity contribution is -0.383. The van der Waals surface area contributed by atoms with Crippen LogP contribution in [0.25, 0.3) is 0 Å². The molecule has 0 heterocycles. The Morgan fingerprint density at radius 2 is 1.85 bits per heavy atom. The minimum Gasteiger partial charge on any atom is -0.456 e. The molecule has 0 aromatic heterocycles. The molecule has 10 nitrogen and oxygen atoms in total. The third kappa shape index (κ3) is 8.08. The van der Waals surface area contributed by atoms with Crippen molar-refractivity contribution < 1.29 is 28.8 Å². The standard InChI is InChI=1S/C16H21N3O7/c1-16(2,3)26-15(22)17-9-8-14(21)25-10-13(20)18-11-6-4-5-7-12(11)19(23)24/h4-7H,8-10H2,1-3H3,(H,17,22)(H,18,20). The number of amides is 2. The van der Waals surface area contributed by atoms with Crippen LogP contribution in [0.3, 0.4) is 0 Å². The Morgan fingerprint density at radius 1 is 1.19 bits per heavy atom. The van der Waals surface area contributed by atoms with E-state index in [4.69, 9.17) is 9.47 Å². The molecule has 10 heteroatoms. The van der Waals surface area contributed by atoms with Gasteiger partial charge in [0.25, 0.3) is 11.6 Å². The lowest BCUT2D eigenvalue weighted by atomic mass is 10.2. The fraction of sp³-hybridized carbons (Fsp3) is 0.438. The highest BCUT2D eigenvalue weighted by molar-refractivity contribution is 5.94. The summed E-state index contributed by atoms with van der Waals surface area (Å²) in [6.07, 6.45) is -0.822. The first kappa shape index (κ1) is 20.9. The summed E-state index contributed by atoms with van der Waals surface area (Å²) in [5.41, 5.74) is -0.915. The van der Waals surface area contributed by atoms with Crippen LogP contribution in [-0.4, -0.2) is 41.6 Å². The van der Waals surface area contributed by atoms with Gasteiger partial charge in [-0.2, -0.15) is 0 Å². The van der Waals surface area contributed by atoms with Gasteiger partial charge in [0.2, 0.25) is 0 Å². The number of nitrogens with one attached hydrogen (secondary N) is 2. The number of nitrogens with zero attached hydrogens (tertiary/aromatic N) is 1. The predicted molar refractivity (Wildman–Crippen MR) is 91.5 cm³/mol. The maximum Gasteiger partial charge on any atom is 0.407 e. The van der Waals surface area contributed by atoms with E-state index in [0.29, 0.717) is 0 Å². The molecule has 1 aromatic carbocycles. The van der Waals surface area contributed by atoms with Gasteiger partial charge in [-0.1, -0.05) is 12.1 Å². The van der Waals surface area contributed by atoms with E-state index in [1.807, 2.05) is 0 Å². The number of benzene rings is 1. The van der Waals surface area contributed by atoms with Gasteiger partial charge in [0.05, 0.1) is 11.3 Å². The average Bonchev–Trinajstić information content (AvgIpc) is 2.51. The van der Waals surface area contributed by atoms with Gasteiger partial charge in [-0.25, -0.2) is 4.79 Å². The van der Waals surface area contributed by atoms with Gasteiger partial charge in [-0.3, -0.25) is 19.7 Å². The van der Waals surface area contributed by atoms with Gasteiger partial charge in [-0.15, -0.1) is 0 Å². The number of hydrogen-bond donors (Lipinski definition) is 2. The van der Waals surface area contributed by atoms with E-state index in [1.165, 1.54) is 24.3 Å². The number of nitro groups is 1. The van der Waals surface area contributed by atoms with Crippen molar-refractivity contribution in [3.8, 4) is 0 Å². The molecule has 1 rings (SSSR count). The molecular weight excluding hydrogens is 346 g/mol. The fourth-order valence-electron chi connectivity index (χ4n) is 1.72. The molecule has 2 N–H and O–H groups in total. The van der Waals surface area contributed by atoms with Gasteiger partial charge in [0.15, 0.2) is 6.61 Å². The van der Waals surface area contributed by atoms with Crippen LogP contribution >= 0.6 is 0 Å². The first-order valence-electron chi connectivity index (χ1n) is 7.74. The maximum atomic E-state index is 11.7. The number of rotatable bonds is 7. The van der Waals surface area contributed by atoms with Crippen LogP contribution in [0.1, 0.15) is 27.2 Å². The molecule has 0 saturated heterocycles. The molecule has 0 aliphatic carbocycles. The van der Waals surface area contributed by atoms with Crippen molar-refractivity contribution in [1.29, 1.82) is 0 Å². The fourth-order valence-corrected chi connectivity index (χ4v) is 1.72. The molecule has 0 radical (unpaired) electrons. The first-order valence-corrected chi connectivity index (χ1v) is 7.74. The van der Waals surface area contributed by atoms with Crippen molar-refractivity contribution >= 4 is 29.3 Å². The topological polar surface area (TPSA) is 137 Å². The Kier molecular flexibility index (Phi) is 7.51. The number of esters is 1. The molecule has 0 unspecified atom stereocenters. The quantitative estimate of drug-likeness (QED) is 0.427. The van der Waals surface area contributed by atoms with Crippen LogP contribution in [0.5, 0.6) is 0 Å². The molecule has 0 spiro atoms. The van der Waals surface area contributed by atoms with E-state index >= 15 is 0 Å². The minimum atomic E-state index is -0.715. The molecule has 0 bridgehead atoms. The second-order valence-electron chi connectivity index (χ2n) is 6.16. The van der Waals surface area contributed by atoms with Crippen LogP contribution in [-0.2, 0) is 19.1 Å². The van der Waals surface area contributed by atoms with Crippen LogP contribution in [0.15, 0.2) is 24.3 Å². The highest BCUT2D eigenvalue weighted by Gasteiger charge is 2.17. The Labute approximate surface area is 150 Å². The molecule has 2 amide bonds. The van der Waals surface area contributed by atoms with Crippen molar-refractivity contribution in [3.63, 3.8) is 0 Å². The summed E-state index contributed by atoms with van der Waals surface area (Å²) in [6, 6.07) is 5.59. The number of ether oxygens (including phenoxy) is 2. The Hall–Kier alpha value is -3.17. The highest BCUT2D eigenvalue weighted by Crippen LogP contribution is 2.22. The second kappa shape index (κ2) is 9.35. The Morgan fingerprint density at radius 3 is 2.46 bits per heavy atom. The molecule has 0 atom stereocenters. The lowest BCUT2D eigenvalue weighted by Crippen LogP contribution is -2.34. The lowest BCUT2D eigenvalue weighted by Gasteiger charge is -2.19. The van der Waals surface area contributed by atoms with E-state index in [9.17, 15) is 24.5 Å². The van der Waals surface area contributed by atoms with E-state index in [0.717, 1.165) is 0 Å². The third-order valence-corrected chi connectivity index (χ3v) is 2.74. The summed E-state index contributed by atoms with van der Waals surface area (Å²) in [7, 11) is 0. The second-order valence-corrected chi connectivity index (χ2v) is 6.16. The first-order chi connectivity index (χ1) is 12.1. The van der Waals surface area contributed by atoms with E-state index in [1.54, 1.807) is 20.8 Å². The van der Waals surface area contributed by atoms with Crippen molar-refractivity contribution in [1.82, 2.24) is 5.32 Å². The number of para-hydroxylation sites is 2. The smallest absolute Gasteiger partial charge is 0.407 e. The number of alkyl carbamates (subject to hydrolysis) is 1. The Bertz CT molecular complexity index is 683. The molecule has 142 valence electrons. The molecule has 0 fully saturated rings. The zero-order chi connectivity index (χ0) is 19.7. The summed E-state index contributed by atoms with van der Waals surface area (Å²) in [4.78, 5) is 44.9. The number of carbonyl (C=O) groups is 3. The summed E-state index contributed by atoms with van der Waals surface area (Å²) < 4.78 is 9.74. The van der Waals surface area contributed by atoms with Gasteiger partial charge in [0, 0.05) is 12.6 Å². The maximum absolute atomic E-state index is 11.7. The molecule has 0 saturated carbocycles. The third-order valence-electron chi connectivity index (χ3n) is 2.74. The number of hydrogen-bond acceptors (Lipinski definition) is 7. The van der Waals surface area contributed by atoms with Crippen LogP contribution in [0.4, 0.5) is 16.2 Å². The predicted octanol–water partition coefficient (Wildman–Crippen LogP) is 1.99. The van der Waals surface area contributed by atoms with Gasteiger partial charge in [-0.05, 0) is 26.8 Å². The van der Waals surface area contributed by atoms with Crippen molar-refractivity contribution in [2.24, 2.45) is 0 Å². The van der Waals surface area contributed by atoms with Crippen molar-refractivity contribution in [3.05, 3.63) is 34.4 Å². The summed E-state index contributed by atoms with van der Waals surface area (Å²) in [6.45, 7) is 4.50. The largest absolute Gasteiger partial charge is 0.456 e. The van der Waals surface area contributed by atoms with E-state index in [-0.39, 0.29) is 24.3 Å². The van der Waals surface area contributed by atoms with Gasteiger partial charge in [0.1, 0.15) is 11.3 Å². The number of anilines is 1. The van der Waals surface area contributed by atoms with Crippen LogP contribution in [0.2, 0.25) is 0 Å². The van der Waals surface area contributed by atoms with Crippen molar-refractivity contribution in [2.75, 3.05) is 18.5 Å². The van der Waals surface area contributed by atoms with E-state index < -0.39 is 35.1 Å². The normalized spacial score (nSPS) is 10.6. The van der Waals surface area contributed by atoms with E-state index in [2.05, 4.69) is 10.6 Å². The van der Waals surface area contributed by atoms with Gasteiger partial charge >= 0.3 is 12.1 Å². The molecule has 0 aliphatic rings. The highest BCUT2D eigenvalue weighted by atomic mass is 16.6. The molecule has 0 aliphatic heterocycles.